The van der Waals surface area contributed by atoms with Crippen LogP contribution in [0.4, 0.5) is 20.3 Å². The first-order valence-electron chi connectivity index (χ1n) is 6.94. The zero-order valence-corrected chi connectivity index (χ0v) is 13.8. The molecule has 122 valence electrons. The maximum atomic E-state index is 12.2. The molecule has 8 heteroatoms. The van der Waals surface area contributed by atoms with Crippen LogP contribution >= 0.6 is 24.0 Å². The van der Waals surface area contributed by atoms with E-state index in [1.165, 1.54) is 0 Å². The van der Waals surface area contributed by atoms with Gasteiger partial charge in [-0.15, -0.1) is 0 Å². The summed E-state index contributed by atoms with van der Waals surface area (Å²) in [5.74, 6) is -1.48. The Bertz CT molecular complexity index is 609. The molecule has 0 spiro atoms. The van der Waals surface area contributed by atoms with E-state index in [2.05, 4.69) is 20.9 Å². The molecule has 4 N–H and O–H groups in total. The second-order valence-corrected chi connectivity index (χ2v) is 5.96. The summed E-state index contributed by atoms with van der Waals surface area (Å²) in [4.78, 5) is 3.59. The van der Waals surface area contributed by atoms with Gasteiger partial charge in [-0.2, -0.15) is 8.78 Å². The van der Waals surface area contributed by atoms with E-state index in [0.717, 1.165) is 11.5 Å². The molecular weight excluding hydrogens is 338 g/mol. The molecule has 2 rings (SSSR count). The molecular formula is C15H17F2N4S2+. The lowest BCUT2D eigenvalue weighted by Crippen LogP contribution is -2.33. The molecule has 1 heterocycles. The van der Waals surface area contributed by atoms with Gasteiger partial charge < -0.3 is 10.6 Å². The maximum absolute atomic E-state index is 12.2. The highest BCUT2D eigenvalue weighted by atomic mass is 32.2. The monoisotopic (exact) mass is 355 g/mol. The number of anilines is 2. The highest BCUT2D eigenvalue weighted by molar-refractivity contribution is 7.99. The smallest absolute Gasteiger partial charge is 0.288 e. The van der Waals surface area contributed by atoms with Crippen LogP contribution in [0.5, 0.6) is 0 Å². The number of aromatic nitrogens is 1. The second-order valence-electron chi connectivity index (χ2n) is 4.49. The van der Waals surface area contributed by atoms with E-state index in [0.29, 0.717) is 34.9 Å². The molecule has 0 saturated heterocycles. The summed E-state index contributed by atoms with van der Waals surface area (Å²) < 4.78 is 24.5. The van der Waals surface area contributed by atoms with E-state index in [1.807, 2.05) is 24.4 Å². The lowest BCUT2D eigenvalue weighted by atomic mass is 10.3. The molecule has 1 aromatic carbocycles. The Kier molecular flexibility index (Phi) is 7.02. The molecule has 0 atom stereocenters. The normalized spacial score (nSPS) is 10.4. The second kappa shape index (κ2) is 9.26. The number of hydrogen-bond acceptors (Lipinski definition) is 3. The third-order valence-corrected chi connectivity index (χ3v) is 3.74. The van der Waals surface area contributed by atoms with Gasteiger partial charge in [0, 0.05) is 16.6 Å². The van der Waals surface area contributed by atoms with Gasteiger partial charge in [0.25, 0.3) is 11.6 Å². The number of alkyl halides is 2. The lowest BCUT2D eigenvalue weighted by molar-refractivity contribution is -0.361. The van der Waals surface area contributed by atoms with Crippen molar-refractivity contribution in [3.8, 4) is 0 Å². The number of benzene rings is 1. The molecule has 0 aliphatic rings. The van der Waals surface area contributed by atoms with Crippen molar-refractivity contribution < 1.29 is 13.8 Å². The van der Waals surface area contributed by atoms with Crippen LogP contribution in [0.1, 0.15) is 0 Å². The zero-order valence-electron chi connectivity index (χ0n) is 12.2. The van der Waals surface area contributed by atoms with Crippen molar-refractivity contribution in [1.29, 1.82) is 0 Å². The summed E-state index contributed by atoms with van der Waals surface area (Å²) in [6.45, 7) is 1.35. The fourth-order valence-corrected chi connectivity index (χ4v) is 2.49. The van der Waals surface area contributed by atoms with Crippen LogP contribution in [-0.2, 0) is 0 Å². The largest absolute Gasteiger partial charge is 0.359 e. The van der Waals surface area contributed by atoms with Gasteiger partial charge in [-0.3, -0.25) is 5.32 Å². The minimum absolute atomic E-state index is 0.484. The number of thiocarbonyl (C=S) groups is 1. The number of halogens is 2. The SMILES string of the molecule is FC(F)Sc1ccc(NC(=S)NCCNc2cccc[nH+]2)cc1. The first-order valence-corrected chi connectivity index (χ1v) is 8.22. The molecule has 0 radical (unpaired) electrons. The Balaban J connectivity index is 1.68. The van der Waals surface area contributed by atoms with Crippen LogP contribution in [0, 0.1) is 0 Å². The van der Waals surface area contributed by atoms with Crippen molar-refractivity contribution >= 4 is 40.6 Å². The molecule has 0 saturated carbocycles. The number of H-pyrrole nitrogens is 1. The van der Waals surface area contributed by atoms with Crippen LogP contribution in [0.25, 0.3) is 0 Å². The van der Waals surface area contributed by atoms with Crippen LogP contribution in [0.2, 0.25) is 0 Å². The lowest BCUT2D eigenvalue weighted by Gasteiger charge is -2.10. The zero-order chi connectivity index (χ0) is 16.5. The third-order valence-electron chi connectivity index (χ3n) is 2.77. The van der Waals surface area contributed by atoms with Gasteiger partial charge in [0.15, 0.2) is 5.11 Å². The molecule has 4 nitrogen and oxygen atoms in total. The molecule has 0 aliphatic heterocycles. The van der Waals surface area contributed by atoms with Crippen molar-refractivity contribution in [2.75, 3.05) is 23.7 Å². The minimum atomic E-state index is -2.41. The minimum Gasteiger partial charge on any atom is -0.359 e. The van der Waals surface area contributed by atoms with Crippen molar-refractivity contribution in [2.24, 2.45) is 0 Å². The third kappa shape index (κ3) is 6.79. The molecule has 0 fully saturated rings. The van der Waals surface area contributed by atoms with Crippen molar-refractivity contribution in [2.45, 2.75) is 10.7 Å². The van der Waals surface area contributed by atoms with E-state index in [1.54, 1.807) is 24.3 Å². The quantitative estimate of drug-likeness (QED) is 0.404. The van der Waals surface area contributed by atoms with Gasteiger partial charge in [-0.05, 0) is 42.5 Å². The van der Waals surface area contributed by atoms with E-state index >= 15 is 0 Å². The first-order chi connectivity index (χ1) is 11.1. The topological polar surface area (TPSA) is 50.2 Å². The average molecular weight is 355 g/mol. The first kappa shape index (κ1) is 17.4. The van der Waals surface area contributed by atoms with Gasteiger partial charge in [0.2, 0.25) is 0 Å². The van der Waals surface area contributed by atoms with Gasteiger partial charge in [0.1, 0.15) is 6.54 Å². The van der Waals surface area contributed by atoms with Gasteiger partial charge in [-0.25, -0.2) is 4.98 Å². The summed E-state index contributed by atoms with van der Waals surface area (Å²) >= 11 is 5.71. The Morgan fingerprint density at radius 3 is 2.57 bits per heavy atom. The Morgan fingerprint density at radius 2 is 1.91 bits per heavy atom. The Hall–Kier alpha value is -1.93. The van der Waals surface area contributed by atoms with E-state index in [9.17, 15) is 8.78 Å². The maximum Gasteiger partial charge on any atom is 0.288 e. The van der Waals surface area contributed by atoms with Gasteiger partial charge >= 0.3 is 0 Å². The number of nitrogens with one attached hydrogen (secondary N) is 4. The molecule has 0 amide bonds. The molecule has 0 bridgehead atoms. The summed E-state index contributed by atoms with van der Waals surface area (Å²) in [5.41, 5.74) is 0.755. The predicted octanol–water partition coefficient (Wildman–Crippen LogP) is 3.21. The fraction of sp³-hybridized carbons (Fsp3) is 0.200. The highest BCUT2D eigenvalue weighted by Gasteiger charge is 2.05. The van der Waals surface area contributed by atoms with Crippen molar-refractivity contribution in [3.63, 3.8) is 0 Å². The standard InChI is InChI=1S/C15H16F2N4S2/c16-14(17)23-12-6-4-11(5-7-12)21-15(22)20-10-9-19-13-3-1-2-8-18-13/h1-8,14H,9-10H2,(H,18,19)(H2,20,21,22)/p+1. The Labute approximate surface area is 143 Å². The summed E-state index contributed by atoms with van der Waals surface area (Å²) in [6, 6.07) is 12.5. The number of pyridine rings is 1. The Morgan fingerprint density at radius 1 is 1.13 bits per heavy atom. The number of rotatable bonds is 7. The molecule has 23 heavy (non-hydrogen) atoms. The molecule has 0 aliphatic carbocycles. The number of hydrogen-bond donors (Lipinski definition) is 3. The molecule has 2 aromatic rings. The van der Waals surface area contributed by atoms with Crippen LogP contribution in [0.3, 0.4) is 0 Å². The average Bonchev–Trinajstić information content (AvgIpc) is 2.54. The summed E-state index contributed by atoms with van der Waals surface area (Å²) in [6.07, 6.45) is 1.85. The number of aromatic amines is 1. The summed E-state index contributed by atoms with van der Waals surface area (Å²) in [5, 5.41) is 9.77. The van der Waals surface area contributed by atoms with Crippen LogP contribution < -0.4 is 20.9 Å². The van der Waals surface area contributed by atoms with Gasteiger partial charge in [-0.1, -0.05) is 17.8 Å². The van der Waals surface area contributed by atoms with E-state index in [4.69, 9.17) is 12.2 Å². The highest BCUT2D eigenvalue weighted by Crippen LogP contribution is 2.26. The van der Waals surface area contributed by atoms with E-state index in [-0.39, 0.29) is 0 Å². The van der Waals surface area contributed by atoms with Crippen molar-refractivity contribution in [1.82, 2.24) is 5.32 Å². The van der Waals surface area contributed by atoms with Gasteiger partial charge in [0.05, 0.1) is 12.7 Å². The predicted molar refractivity (Wildman–Crippen MR) is 94.0 cm³/mol. The number of thioether (sulfide) groups is 1. The molecule has 1 aromatic heterocycles. The molecule has 0 unspecified atom stereocenters. The van der Waals surface area contributed by atoms with Crippen LogP contribution in [-0.4, -0.2) is 24.0 Å². The fourth-order valence-electron chi connectivity index (χ4n) is 1.77. The van der Waals surface area contributed by atoms with Crippen molar-refractivity contribution in [3.05, 3.63) is 48.7 Å². The van der Waals surface area contributed by atoms with E-state index < -0.39 is 5.76 Å². The summed E-state index contributed by atoms with van der Waals surface area (Å²) in [7, 11) is 0. The van der Waals surface area contributed by atoms with Crippen LogP contribution in [0.15, 0.2) is 53.6 Å².